The molecule has 3 aromatic rings. The number of rotatable bonds is 3. The summed E-state index contributed by atoms with van der Waals surface area (Å²) in [5.41, 5.74) is 1.79. The molecule has 2 nitrogen and oxygen atoms in total. The first-order chi connectivity index (χ1) is 12.9. The Morgan fingerprint density at radius 2 is 1.36 bits per heavy atom. The third kappa shape index (κ3) is 3.10. The van der Waals surface area contributed by atoms with E-state index < -0.39 is 23.6 Å². The van der Waals surface area contributed by atoms with Gasteiger partial charge >= 0.3 is 12.1 Å². The van der Waals surface area contributed by atoms with E-state index in [0.29, 0.717) is 5.39 Å². The van der Waals surface area contributed by atoms with E-state index in [9.17, 15) is 31.9 Å². The van der Waals surface area contributed by atoms with Crippen LogP contribution in [0, 0.1) is 13.8 Å². The number of alkyl halides is 5. The smallest absolute Gasteiger partial charge is 0.461 e. The van der Waals surface area contributed by atoms with Crippen molar-refractivity contribution in [2.75, 3.05) is 0 Å². The summed E-state index contributed by atoms with van der Waals surface area (Å²) >= 11 is 0. The van der Waals surface area contributed by atoms with Crippen LogP contribution in [-0.4, -0.2) is 23.0 Å². The SMILES string of the molecule is Cc1c2ccccc2c(C)c2cc(/C(O)=C/C(=O)C(F)(F)C(F)(F)F)ccc12. The average Bonchev–Trinajstić information content (AvgIpc) is 2.64. The van der Waals surface area contributed by atoms with Crippen molar-refractivity contribution in [1.29, 1.82) is 0 Å². The zero-order chi connectivity index (χ0) is 20.9. The minimum Gasteiger partial charge on any atom is -0.507 e. The topological polar surface area (TPSA) is 37.3 Å². The highest BCUT2D eigenvalue weighted by molar-refractivity contribution is 6.06. The third-order valence-electron chi connectivity index (χ3n) is 4.79. The fourth-order valence-electron chi connectivity index (χ4n) is 3.21. The molecule has 1 N–H and O–H groups in total. The van der Waals surface area contributed by atoms with Gasteiger partial charge in [0, 0.05) is 11.6 Å². The van der Waals surface area contributed by atoms with E-state index in [0.717, 1.165) is 27.3 Å². The Kier molecular flexibility index (Phi) is 4.65. The van der Waals surface area contributed by atoms with Crippen molar-refractivity contribution in [2.24, 2.45) is 0 Å². The molecule has 0 fully saturated rings. The Bertz CT molecular complexity index is 1130. The van der Waals surface area contributed by atoms with Crippen LogP contribution in [0.3, 0.4) is 0 Å². The zero-order valence-electron chi connectivity index (χ0n) is 14.9. The van der Waals surface area contributed by atoms with Gasteiger partial charge in [0.25, 0.3) is 0 Å². The average molecular weight is 394 g/mol. The van der Waals surface area contributed by atoms with Gasteiger partial charge < -0.3 is 5.11 Å². The molecule has 0 heterocycles. The first-order valence-corrected chi connectivity index (χ1v) is 8.27. The molecule has 7 heteroatoms. The van der Waals surface area contributed by atoms with Crippen LogP contribution in [0.4, 0.5) is 22.0 Å². The predicted octanol–water partition coefficient (Wildman–Crippen LogP) is 6.28. The molecule has 0 bridgehead atoms. The van der Waals surface area contributed by atoms with Gasteiger partial charge in [-0.2, -0.15) is 22.0 Å². The molecule has 0 aliphatic rings. The largest absolute Gasteiger partial charge is 0.507 e. The van der Waals surface area contributed by atoms with Gasteiger partial charge in [0.2, 0.25) is 5.78 Å². The van der Waals surface area contributed by atoms with E-state index in [1.54, 1.807) is 6.07 Å². The van der Waals surface area contributed by atoms with Crippen LogP contribution in [0.25, 0.3) is 27.3 Å². The number of halogens is 5. The molecule has 0 saturated carbocycles. The molecule has 3 aromatic carbocycles. The summed E-state index contributed by atoms with van der Waals surface area (Å²) in [6.07, 6.45) is -6.12. The number of hydrogen-bond donors (Lipinski definition) is 1. The van der Waals surface area contributed by atoms with E-state index in [1.807, 2.05) is 38.1 Å². The van der Waals surface area contributed by atoms with Crippen molar-refractivity contribution in [1.82, 2.24) is 0 Å². The number of aliphatic hydroxyl groups is 1. The number of fused-ring (bicyclic) bond motifs is 2. The molecular weight excluding hydrogens is 379 g/mol. The molecule has 28 heavy (non-hydrogen) atoms. The minimum atomic E-state index is -6.03. The summed E-state index contributed by atoms with van der Waals surface area (Å²) < 4.78 is 63.2. The molecule has 3 rings (SSSR count). The van der Waals surface area contributed by atoms with Gasteiger partial charge in [-0.1, -0.05) is 36.4 Å². The second kappa shape index (κ2) is 6.58. The van der Waals surface area contributed by atoms with Gasteiger partial charge in [-0.15, -0.1) is 0 Å². The Balaban J connectivity index is 2.13. The Morgan fingerprint density at radius 3 is 1.89 bits per heavy atom. The number of aryl methyl sites for hydroxylation is 2. The van der Waals surface area contributed by atoms with Gasteiger partial charge in [0.05, 0.1) is 0 Å². The summed E-state index contributed by atoms with van der Waals surface area (Å²) in [5.74, 6) is -9.05. The quantitative estimate of drug-likeness (QED) is 0.246. The molecule has 0 radical (unpaired) electrons. The number of carbonyl (C=O) groups excluding carboxylic acids is 1. The molecular formula is C21H15F5O2. The maximum absolute atomic E-state index is 13.1. The van der Waals surface area contributed by atoms with Gasteiger partial charge in [0.15, 0.2) is 0 Å². The molecule has 146 valence electrons. The van der Waals surface area contributed by atoms with Crippen LogP contribution >= 0.6 is 0 Å². The summed E-state index contributed by atoms with van der Waals surface area (Å²) in [6, 6.07) is 12.1. The standard InChI is InChI=1S/C21H15F5O2/c1-11-14-5-3-4-6-15(14)12(2)17-9-13(7-8-16(11)17)18(27)10-19(28)20(22,23)21(24,25)26/h3-10,27H,1-2H3/b18-10-. The maximum atomic E-state index is 13.1. The summed E-state index contributed by atoms with van der Waals surface area (Å²) in [7, 11) is 0. The Hall–Kier alpha value is -2.96. The number of benzene rings is 3. The highest BCUT2D eigenvalue weighted by Crippen LogP contribution is 2.37. The van der Waals surface area contributed by atoms with Crippen molar-refractivity contribution < 1.29 is 31.9 Å². The summed E-state index contributed by atoms with van der Waals surface area (Å²) in [5, 5.41) is 13.5. The lowest BCUT2D eigenvalue weighted by Crippen LogP contribution is -2.43. The molecule has 0 unspecified atom stereocenters. The second-order valence-corrected chi connectivity index (χ2v) is 6.52. The Labute approximate surface area is 156 Å². The van der Waals surface area contributed by atoms with Gasteiger partial charge in [0.1, 0.15) is 5.76 Å². The number of hydrogen-bond acceptors (Lipinski definition) is 2. The monoisotopic (exact) mass is 394 g/mol. The van der Waals surface area contributed by atoms with Crippen LogP contribution in [0.15, 0.2) is 48.5 Å². The number of ketones is 1. The van der Waals surface area contributed by atoms with Gasteiger partial charge in [-0.3, -0.25) is 4.79 Å². The van der Waals surface area contributed by atoms with E-state index in [4.69, 9.17) is 0 Å². The lowest BCUT2D eigenvalue weighted by Gasteiger charge is -2.16. The zero-order valence-corrected chi connectivity index (χ0v) is 14.9. The molecule has 0 amide bonds. The van der Waals surface area contributed by atoms with E-state index in [2.05, 4.69) is 0 Å². The van der Waals surface area contributed by atoms with E-state index in [1.165, 1.54) is 12.1 Å². The molecule has 0 saturated heterocycles. The number of aliphatic hydroxyl groups excluding tert-OH is 1. The van der Waals surface area contributed by atoms with Crippen LogP contribution < -0.4 is 0 Å². The van der Waals surface area contributed by atoms with E-state index in [-0.39, 0.29) is 11.6 Å². The van der Waals surface area contributed by atoms with Crippen molar-refractivity contribution in [3.63, 3.8) is 0 Å². The molecule has 0 atom stereocenters. The first kappa shape index (κ1) is 19.8. The molecule has 0 aliphatic heterocycles. The maximum Gasteiger partial charge on any atom is 0.461 e. The fourth-order valence-corrected chi connectivity index (χ4v) is 3.21. The van der Waals surface area contributed by atoms with Crippen LogP contribution in [0.2, 0.25) is 0 Å². The summed E-state index contributed by atoms with van der Waals surface area (Å²) in [4.78, 5) is 11.3. The summed E-state index contributed by atoms with van der Waals surface area (Å²) in [6.45, 7) is 3.75. The number of carbonyl (C=O) groups is 1. The molecule has 0 aliphatic carbocycles. The van der Waals surface area contributed by atoms with Crippen molar-refractivity contribution in [3.8, 4) is 0 Å². The van der Waals surface area contributed by atoms with Gasteiger partial charge in [-0.05, 0) is 52.6 Å². The highest BCUT2D eigenvalue weighted by Gasteiger charge is 2.62. The highest BCUT2D eigenvalue weighted by atomic mass is 19.4. The first-order valence-electron chi connectivity index (χ1n) is 8.27. The Morgan fingerprint density at radius 1 is 0.857 bits per heavy atom. The van der Waals surface area contributed by atoms with Crippen LogP contribution in [0.1, 0.15) is 16.7 Å². The van der Waals surface area contributed by atoms with Crippen molar-refractivity contribution in [2.45, 2.75) is 25.9 Å². The molecule has 0 spiro atoms. The minimum absolute atomic E-state index is 0.0309. The lowest BCUT2D eigenvalue weighted by molar-refractivity contribution is -0.266. The predicted molar refractivity (Wildman–Crippen MR) is 97.5 cm³/mol. The van der Waals surface area contributed by atoms with Crippen molar-refractivity contribution in [3.05, 3.63) is 65.2 Å². The second-order valence-electron chi connectivity index (χ2n) is 6.52. The van der Waals surface area contributed by atoms with Crippen molar-refractivity contribution >= 4 is 33.1 Å². The third-order valence-corrected chi connectivity index (χ3v) is 4.79. The normalized spacial score (nSPS) is 13.3. The van der Waals surface area contributed by atoms with Crippen LogP contribution in [-0.2, 0) is 4.79 Å². The molecule has 0 aromatic heterocycles. The number of allylic oxidation sites excluding steroid dienone is 1. The fraction of sp³-hybridized carbons (Fsp3) is 0.190. The lowest BCUT2D eigenvalue weighted by atomic mass is 9.92. The van der Waals surface area contributed by atoms with E-state index >= 15 is 0 Å². The van der Waals surface area contributed by atoms with Crippen LogP contribution in [0.5, 0.6) is 0 Å². The van der Waals surface area contributed by atoms with Gasteiger partial charge in [-0.25, -0.2) is 0 Å².